The topological polar surface area (TPSA) is 29.3 Å². The second kappa shape index (κ2) is 8.53. The van der Waals surface area contributed by atoms with Crippen molar-refractivity contribution in [3.8, 4) is 0 Å². The van der Waals surface area contributed by atoms with Crippen molar-refractivity contribution in [2.45, 2.75) is 79.6 Å². The normalized spacial score (nSPS) is 21.4. The van der Waals surface area contributed by atoms with Crippen LogP contribution in [0.4, 0.5) is 0 Å². The van der Waals surface area contributed by atoms with Crippen molar-refractivity contribution in [2.75, 3.05) is 26.2 Å². The van der Waals surface area contributed by atoms with E-state index in [0.29, 0.717) is 10.8 Å². The zero-order valence-corrected chi connectivity index (χ0v) is 15.4. The lowest BCUT2D eigenvalue weighted by Crippen LogP contribution is -2.40. The fraction of sp³-hybridized carbons (Fsp3) is 1.00. The molecule has 1 aliphatic heterocycles. The van der Waals surface area contributed by atoms with Crippen molar-refractivity contribution in [1.29, 1.82) is 0 Å². The summed E-state index contributed by atoms with van der Waals surface area (Å²) < 4.78 is 0. The minimum atomic E-state index is 0.404. The predicted molar refractivity (Wildman–Crippen MR) is 94.5 cm³/mol. The molecule has 0 spiro atoms. The van der Waals surface area contributed by atoms with Gasteiger partial charge in [0.2, 0.25) is 0 Å². The first-order chi connectivity index (χ1) is 9.87. The van der Waals surface area contributed by atoms with Gasteiger partial charge in [-0.1, -0.05) is 47.5 Å². The van der Waals surface area contributed by atoms with Crippen molar-refractivity contribution in [1.82, 2.24) is 4.90 Å². The summed E-state index contributed by atoms with van der Waals surface area (Å²) in [6.07, 6.45) is 9.40. The van der Waals surface area contributed by atoms with E-state index in [2.05, 4.69) is 39.5 Å². The molecular weight excluding hydrogens is 256 g/mol. The Morgan fingerprint density at radius 2 is 1.62 bits per heavy atom. The average molecular weight is 297 g/mol. The molecule has 126 valence electrons. The van der Waals surface area contributed by atoms with Gasteiger partial charge in [0, 0.05) is 0 Å². The smallest absolute Gasteiger partial charge is 0.00134 e. The molecule has 0 aromatic rings. The first kappa shape index (κ1) is 19.0. The number of hydrogen-bond donors (Lipinski definition) is 1. The van der Waals surface area contributed by atoms with Gasteiger partial charge in [-0.05, 0) is 75.0 Å². The summed E-state index contributed by atoms with van der Waals surface area (Å²) in [5.74, 6) is 0.776. The van der Waals surface area contributed by atoms with Gasteiger partial charge in [0.25, 0.3) is 0 Å². The lowest BCUT2D eigenvalue weighted by Gasteiger charge is -2.41. The summed E-state index contributed by atoms with van der Waals surface area (Å²) >= 11 is 0. The van der Waals surface area contributed by atoms with Crippen molar-refractivity contribution in [3.63, 3.8) is 0 Å². The highest BCUT2D eigenvalue weighted by Crippen LogP contribution is 2.38. The van der Waals surface area contributed by atoms with Crippen LogP contribution in [0.3, 0.4) is 0 Å². The first-order valence-corrected chi connectivity index (χ1v) is 9.29. The van der Waals surface area contributed by atoms with E-state index in [-0.39, 0.29) is 0 Å². The van der Waals surface area contributed by atoms with Crippen LogP contribution in [0.5, 0.6) is 0 Å². The molecule has 1 fully saturated rings. The monoisotopic (exact) mass is 296 g/mol. The molecule has 0 aliphatic carbocycles. The van der Waals surface area contributed by atoms with E-state index in [0.717, 1.165) is 12.5 Å². The van der Waals surface area contributed by atoms with Crippen LogP contribution >= 0.6 is 0 Å². The molecule has 0 amide bonds. The van der Waals surface area contributed by atoms with Crippen LogP contribution in [-0.4, -0.2) is 31.1 Å². The maximum Gasteiger partial charge on any atom is -0.00134 e. The molecule has 21 heavy (non-hydrogen) atoms. The van der Waals surface area contributed by atoms with Crippen LogP contribution < -0.4 is 5.73 Å². The number of hydrogen-bond acceptors (Lipinski definition) is 2. The third-order valence-corrected chi connectivity index (χ3v) is 6.18. The molecule has 0 saturated carbocycles. The van der Waals surface area contributed by atoms with Gasteiger partial charge in [-0.3, -0.25) is 0 Å². The lowest BCUT2D eigenvalue weighted by atomic mass is 9.74. The van der Waals surface area contributed by atoms with Crippen LogP contribution in [0, 0.1) is 16.7 Å². The molecule has 1 unspecified atom stereocenters. The zero-order chi connectivity index (χ0) is 15.9. The summed E-state index contributed by atoms with van der Waals surface area (Å²) in [4.78, 5) is 2.70. The van der Waals surface area contributed by atoms with Crippen molar-refractivity contribution in [3.05, 3.63) is 0 Å². The summed E-state index contributed by atoms with van der Waals surface area (Å²) in [6.45, 7) is 16.6. The van der Waals surface area contributed by atoms with E-state index >= 15 is 0 Å². The van der Waals surface area contributed by atoms with E-state index in [1.54, 1.807) is 0 Å². The molecule has 1 rings (SSSR count). The minimum Gasteiger partial charge on any atom is -0.330 e. The zero-order valence-electron chi connectivity index (χ0n) is 15.4. The number of nitrogens with two attached hydrogens (primary N) is 1. The van der Waals surface area contributed by atoms with Crippen molar-refractivity contribution < 1.29 is 0 Å². The third kappa shape index (κ3) is 5.90. The Hall–Kier alpha value is -0.0800. The molecule has 1 aliphatic rings. The Labute approximate surface area is 133 Å². The maximum absolute atomic E-state index is 5.79. The highest BCUT2D eigenvalue weighted by Gasteiger charge is 2.31. The Morgan fingerprint density at radius 3 is 2.05 bits per heavy atom. The second-order valence-corrected chi connectivity index (χ2v) is 8.33. The summed E-state index contributed by atoms with van der Waals surface area (Å²) in [6, 6.07) is 0. The highest BCUT2D eigenvalue weighted by molar-refractivity contribution is 4.84. The molecule has 2 heteroatoms. The summed E-state index contributed by atoms with van der Waals surface area (Å²) in [5.41, 5.74) is 6.85. The summed E-state index contributed by atoms with van der Waals surface area (Å²) in [7, 11) is 0. The van der Waals surface area contributed by atoms with Gasteiger partial charge < -0.3 is 10.6 Å². The van der Waals surface area contributed by atoms with Gasteiger partial charge in [0.05, 0.1) is 0 Å². The van der Waals surface area contributed by atoms with E-state index in [9.17, 15) is 0 Å². The van der Waals surface area contributed by atoms with Crippen LogP contribution in [0.2, 0.25) is 0 Å². The fourth-order valence-electron chi connectivity index (χ4n) is 3.98. The highest BCUT2D eigenvalue weighted by atomic mass is 15.1. The molecular formula is C19H40N2. The Morgan fingerprint density at radius 1 is 1.05 bits per heavy atom. The minimum absolute atomic E-state index is 0.404. The first-order valence-electron chi connectivity index (χ1n) is 9.29. The average Bonchev–Trinajstić information content (AvgIpc) is 2.46. The standard InChI is InChI=1S/C19H40N2/c1-6-19(7-2)11-15-21(16-12-19)14-8-9-17(10-13-20)18(3,4)5/h17H,6-16,20H2,1-5H3. The Balaban J connectivity index is 2.30. The van der Waals surface area contributed by atoms with E-state index < -0.39 is 0 Å². The van der Waals surface area contributed by atoms with Crippen molar-refractivity contribution >= 4 is 0 Å². The van der Waals surface area contributed by atoms with Crippen LogP contribution in [-0.2, 0) is 0 Å². The Bertz CT molecular complexity index is 266. The number of rotatable bonds is 8. The molecule has 0 aromatic carbocycles. The molecule has 1 atom stereocenters. The molecule has 2 N–H and O–H groups in total. The maximum atomic E-state index is 5.79. The van der Waals surface area contributed by atoms with Gasteiger partial charge in [-0.2, -0.15) is 0 Å². The molecule has 0 aromatic heterocycles. The molecule has 0 bridgehead atoms. The van der Waals surface area contributed by atoms with Crippen LogP contribution in [0.15, 0.2) is 0 Å². The quantitative estimate of drug-likeness (QED) is 0.704. The number of nitrogens with zero attached hydrogens (tertiary/aromatic N) is 1. The predicted octanol–water partition coefficient (Wildman–Crippen LogP) is 4.68. The van der Waals surface area contributed by atoms with Gasteiger partial charge in [0.15, 0.2) is 0 Å². The van der Waals surface area contributed by atoms with Gasteiger partial charge >= 0.3 is 0 Å². The van der Waals surface area contributed by atoms with E-state index in [4.69, 9.17) is 5.73 Å². The lowest BCUT2D eigenvalue weighted by molar-refractivity contribution is 0.0909. The SMILES string of the molecule is CCC1(CC)CCN(CCCC(CCN)C(C)(C)C)CC1. The van der Waals surface area contributed by atoms with Gasteiger partial charge in [-0.25, -0.2) is 0 Å². The Kier molecular flexibility index (Phi) is 7.70. The number of piperidine rings is 1. The van der Waals surface area contributed by atoms with E-state index in [1.807, 2.05) is 0 Å². The molecule has 2 nitrogen and oxygen atoms in total. The summed E-state index contributed by atoms with van der Waals surface area (Å²) in [5, 5.41) is 0. The fourth-order valence-corrected chi connectivity index (χ4v) is 3.98. The largest absolute Gasteiger partial charge is 0.330 e. The third-order valence-electron chi connectivity index (χ3n) is 6.18. The van der Waals surface area contributed by atoms with Gasteiger partial charge in [-0.15, -0.1) is 0 Å². The van der Waals surface area contributed by atoms with Crippen LogP contribution in [0.25, 0.3) is 0 Å². The van der Waals surface area contributed by atoms with E-state index in [1.165, 1.54) is 64.6 Å². The van der Waals surface area contributed by atoms with Crippen LogP contribution in [0.1, 0.15) is 79.6 Å². The van der Waals surface area contributed by atoms with Crippen molar-refractivity contribution in [2.24, 2.45) is 22.5 Å². The van der Waals surface area contributed by atoms with Gasteiger partial charge in [0.1, 0.15) is 0 Å². The number of likely N-dealkylation sites (tertiary alicyclic amines) is 1. The molecule has 1 saturated heterocycles. The molecule has 1 heterocycles. The molecule has 0 radical (unpaired) electrons. The second-order valence-electron chi connectivity index (χ2n) is 8.33.